The van der Waals surface area contributed by atoms with Gasteiger partial charge in [0.2, 0.25) is 0 Å². The highest BCUT2D eigenvalue weighted by Gasteiger charge is 2.29. The van der Waals surface area contributed by atoms with Crippen molar-refractivity contribution < 1.29 is 4.57 Å². The maximum Gasteiger partial charge on any atom is 0.171 e. The fraction of sp³-hybridized carbons (Fsp3) is 0. The van der Waals surface area contributed by atoms with Crippen molar-refractivity contribution in [2.45, 2.75) is 0 Å². The molecule has 1 heterocycles. The van der Waals surface area contributed by atoms with Gasteiger partial charge in [0.25, 0.3) is 0 Å². The van der Waals surface area contributed by atoms with Gasteiger partial charge >= 0.3 is 0 Å². The first-order chi connectivity index (χ1) is 27.1. The molecule has 0 fully saturated rings. The van der Waals surface area contributed by atoms with Gasteiger partial charge in [-0.25, -0.2) is 4.68 Å². The van der Waals surface area contributed by atoms with Crippen molar-refractivity contribution in [2.24, 2.45) is 0 Å². The molecule has 0 atom stereocenters. The summed E-state index contributed by atoms with van der Waals surface area (Å²) in [7, 11) is -3.08. The first-order valence-electron chi connectivity index (χ1n) is 18.6. The summed E-state index contributed by atoms with van der Waals surface area (Å²) in [4.78, 5) is 0. The van der Waals surface area contributed by atoms with E-state index < -0.39 is 7.14 Å². The molecule has 55 heavy (non-hydrogen) atoms. The van der Waals surface area contributed by atoms with E-state index >= 15 is 4.57 Å². The Morgan fingerprint density at radius 1 is 0.400 bits per heavy atom. The standard InChI is InChI=1S/C51H35N2OP/c54-55(44-22-12-4-13-23-44,45-24-14-5-15-25-45)46-30-28-39-32-38(26-27-41(39)34-46)40-29-31-47-42(33-40)35-48(36-16-6-1-7-17-36)49-50(37-18-8-2-9-19-37)52-53(51(47)49)43-20-10-3-11-21-43/h1-35H. The van der Waals surface area contributed by atoms with Gasteiger partial charge in [-0.15, -0.1) is 0 Å². The van der Waals surface area contributed by atoms with E-state index in [2.05, 4.69) is 144 Å². The molecule has 4 heteroatoms. The van der Waals surface area contributed by atoms with E-state index in [-0.39, 0.29) is 0 Å². The molecular formula is C51H35N2OP. The molecule has 10 aromatic rings. The summed E-state index contributed by atoms with van der Waals surface area (Å²) in [5, 5.41) is 13.4. The molecule has 9 aromatic carbocycles. The number of aromatic nitrogens is 2. The summed E-state index contributed by atoms with van der Waals surface area (Å²) in [6, 6.07) is 73.2. The molecule has 0 aliphatic rings. The van der Waals surface area contributed by atoms with Crippen LogP contribution in [-0.2, 0) is 4.57 Å². The molecule has 0 saturated heterocycles. The van der Waals surface area contributed by atoms with E-state index in [1.54, 1.807) is 0 Å². The predicted molar refractivity (Wildman–Crippen MR) is 232 cm³/mol. The third-order valence-corrected chi connectivity index (χ3v) is 13.7. The minimum atomic E-state index is -3.08. The quantitative estimate of drug-likeness (QED) is 0.154. The molecule has 0 aliphatic heterocycles. The number of nitrogens with zero attached hydrogens (tertiary/aromatic N) is 2. The van der Waals surface area contributed by atoms with Crippen molar-refractivity contribution in [3.05, 3.63) is 212 Å². The van der Waals surface area contributed by atoms with Crippen LogP contribution >= 0.6 is 7.14 Å². The van der Waals surface area contributed by atoms with Crippen LogP contribution in [0.3, 0.4) is 0 Å². The number of para-hydroxylation sites is 1. The topological polar surface area (TPSA) is 34.9 Å². The van der Waals surface area contributed by atoms with Crippen LogP contribution in [0.1, 0.15) is 0 Å². The zero-order valence-electron chi connectivity index (χ0n) is 30.0. The van der Waals surface area contributed by atoms with Gasteiger partial charge in [-0.2, -0.15) is 5.10 Å². The smallest absolute Gasteiger partial charge is 0.171 e. The first kappa shape index (κ1) is 32.8. The minimum Gasteiger partial charge on any atom is -0.309 e. The van der Waals surface area contributed by atoms with Gasteiger partial charge in [0, 0.05) is 32.2 Å². The van der Waals surface area contributed by atoms with E-state index in [1.807, 2.05) is 72.8 Å². The summed E-state index contributed by atoms with van der Waals surface area (Å²) in [6.45, 7) is 0. The third kappa shape index (κ3) is 5.69. The average molecular weight is 723 g/mol. The fourth-order valence-electron chi connectivity index (χ4n) is 7.96. The summed E-state index contributed by atoms with van der Waals surface area (Å²) in [5.41, 5.74) is 8.69. The van der Waals surface area contributed by atoms with Crippen molar-refractivity contribution in [1.29, 1.82) is 0 Å². The lowest BCUT2D eigenvalue weighted by atomic mass is 9.92. The Morgan fingerprint density at radius 2 is 0.909 bits per heavy atom. The maximum atomic E-state index is 15.1. The molecule has 1 aromatic heterocycles. The summed E-state index contributed by atoms with van der Waals surface area (Å²) in [5.74, 6) is 0. The lowest BCUT2D eigenvalue weighted by Crippen LogP contribution is -2.24. The van der Waals surface area contributed by atoms with E-state index in [0.29, 0.717) is 0 Å². The maximum absolute atomic E-state index is 15.1. The fourth-order valence-corrected chi connectivity index (χ4v) is 10.6. The van der Waals surface area contributed by atoms with Gasteiger partial charge in [-0.1, -0.05) is 176 Å². The van der Waals surface area contributed by atoms with Crippen molar-refractivity contribution in [3.8, 4) is 39.2 Å². The monoisotopic (exact) mass is 722 g/mol. The van der Waals surface area contributed by atoms with Crippen molar-refractivity contribution in [2.75, 3.05) is 0 Å². The van der Waals surface area contributed by atoms with Crippen LogP contribution < -0.4 is 15.9 Å². The van der Waals surface area contributed by atoms with E-state index in [0.717, 1.165) is 87.6 Å². The molecule has 0 unspecified atom stereocenters. The van der Waals surface area contributed by atoms with E-state index in [4.69, 9.17) is 5.10 Å². The second kappa shape index (κ2) is 13.6. The molecule has 0 radical (unpaired) electrons. The Morgan fingerprint density at radius 3 is 1.55 bits per heavy atom. The van der Waals surface area contributed by atoms with E-state index in [1.165, 1.54) is 0 Å². The molecular weight excluding hydrogens is 688 g/mol. The largest absolute Gasteiger partial charge is 0.309 e. The molecule has 0 N–H and O–H groups in total. The Labute approximate surface area is 320 Å². The number of hydrogen-bond donors (Lipinski definition) is 0. The lowest BCUT2D eigenvalue weighted by Gasteiger charge is -2.20. The number of hydrogen-bond acceptors (Lipinski definition) is 2. The van der Waals surface area contributed by atoms with Gasteiger partial charge in [-0.05, 0) is 74.8 Å². The molecule has 0 bridgehead atoms. The van der Waals surface area contributed by atoms with Crippen LogP contribution in [0.15, 0.2) is 212 Å². The zero-order valence-corrected chi connectivity index (χ0v) is 30.9. The summed E-state index contributed by atoms with van der Waals surface area (Å²) in [6.07, 6.45) is 0. The summed E-state index contributed by atoms with van der Waals surface area (Å²) < 4.78 is 17.2. The second-order valence-electron chi connectivity index (χ2n) is 13.9. The normalized spacial score (nSPS) is 11.7. The number of benzene rings is 9. The molecule has 0 aliphatic carbocycles. The minimum absolute atomic E-state index is 0.832. The SMILES string of the molecule is O=P(c1ccccc1)(c1ccccc1)c1ccc2cc(-c3ccc4c(c3)cc(-c3ccccc3)c3c(-c5ccccc5)nn(-c5ccccc5)c34)ccc2c1. The van der Waals surface area contributed by atoms with Gasteiger partial charge in [0.1, 0.15) is 5.69 Å². The Hall–Kier alpha value is -6.80. The molecule has 260 valence electrons. The van der Waals surface area contributed by atoms with Crippen LogP contribution in [-0.4, -0.2) is 9.78 Å². The number of rotatable bonds is 7. The highest BCUT2D eigenvalue weighted by atomic mass is 31.2. The average Bonchev–Trinajstić information content (AvgIpc) is 3.68. The van der Waals surface area contributed by atoms with Crippen LogP contribution in [0, 0.1) is 0 Å². The highest BCUT2D eigenvalue weighted by Crippen LogP contribution is 2.44. The molecule has 0 saturated carbocycles. The third-order valence-electron chi connectivity index (χ3n) is 10.7. The van der Waals surface area contributed by atoms with Gasteiger partial charge in [0.05, 0.1) is 11.2 Å². The zero-order chi connectivity index (χ0) is 36.8. The Bertz CT molecular complexity index is 2990. The molecule has 3 nitrogen and oxygen atoms in total. The lowest BCUT2D eigenvalue weighted by molar-refractivity contribution is 0.592. The Balaban J connectivity index is 1.14. The van der Waals surface area contributed by atoms with Gasteiger partial charge in [0.15, 0.2) is 7.14 Å². The highest BCUT2D eigenvalue weighted by molar-refractivity contribution is 7.85. The van der Waals surface area contributed by atoms with Gasteiger partial charge in [-0.3, -0.25) is 0 Å². The molecule has 10 rings (SSSR count). The molecule has 0 amide bonds. The molecule has 0 spiro atoms. The summed E-state index contributed by atoms with van der Waals surface area (Å²) >= 11 is 0. The van der Waals surface area contributed by atoms with Crippen LogP contribution in [0.4, 0.5) is 0 Å². The van der Waals surface area contributed by atoms with Crippen LogP contribution in [0.25, 0.3) is 71.6 Å². The van der Waals surface area contributed by atoms with Crippen molar-refractivity contribution in [1.82, 2.24) is 9.78 Å². The van der Waals surface area contributed by atoms with Crippen molar-refractivity contribution >= 4 is 55.5 Å². The van der Waals surface area contributed by atoms with Crippen LogP contribution in [0.5, 0.6) is 0 Å². The number of fused-ring (bicyclic) bond motifs is 4. The Kier molecular flexibility index (Phi) is 8.09. The first-order valence-corrected chi connectivity index (χ1v) is 20.3. The van der Waals surface area contributed by atoms with Crippen LogP contribution in [0.2, 0.25) is 0 Å². The predicted octanol–water partition coefficient (Wildman–Crippen LogP) is 12.0. The second-order valence-corrected chi connectivity index (χ2v) is 16.7. The van der Waals surface area contributed by atoms with Gasteiger partial charge < -0.3 is 4.57 Å². The van der Waals surface area contributed by atoms with Crippen molar-refractivity contribution in [3.63, 3.8) is 0 Å². The van der Waals surface area contributed by atoms with E-state index in [9.17, 15) is 0 Å².